The number of hydrogen-bond donors (Lipinski definition) is 1. The second-order valence-electron chi connectivity index (χ2n) is 6.42. The average molecular weight is 360 g/mol. The van der Waals surface area contributed by atoms with Gasteiger partial charge in [0.15, 0.2) is 0 Å². The van der Waals surface area contributed by atoms with E-state index in [2.05, 4.69) is 15.9 Å². The van der Waals surface area contributed by atoms with Crippen LogP contribution in [-0.4, -0.2) is 9.67 Å². The number of aromatic nitrogens is 1. The molecule has 1 N–H and O–H groups in total. The molecule has 0 aliphatic heterocycles. The van der Waals surface area contributed by atoms with Gasteiger partial charge in [0, 0.05) is 27.7 Å². The van der Waals surface area contributed by atoms with Gasteiger partial charge in [-0.15, -0.1) is 0 Å². The summed E-state index contributed by atoms with van der Waals surface area (Å²) >= 11 is 3.48. The molecule has 0 amide bonds. The first-order valence-electron chi connectivity index (χ1n) is 7.18. The van der Waals surface area contributed by atoms with E-state index in [0.29, 0.717) is 0 Å². The molecule has 0 radical (unpaired) electrons. The van der Waals surface area contributed by atoms with Crippen LogP contribution in [0.15, 0.2) is 57.9 Å². The summed E-state index contributed by atoms with van der Waals surface area (Å²) in [5.74, 6) is 0. The van der Waals surface area contributed by atoms with Crippen LogP contribution in [0, 0.1) is 5.41 Å². The highest BCUT2D eigenvalue weighted by atomic mass is 79.9. The highest BCUT2D eigenvalue weighted by Crippen LogP contribution is 2.48. The van der Waals surface area contributed by atoms with Crippen molar-refractivity contribution in [3.05, 3.63) is 74.6 Å². The smallest absolute Gasteiger partial charge is 0.255 e. The lowest BCUT2D eigenvalue weighted by Crippen LogP contribution is -2.42. The Kier molecular flexibility index (Phi) is 3.42. The van der Waals surface area contributed by atoms with Crippen molar-refractivity contribution in [1.82, 2.24) is 4.57 Å². The van der Waals surface area contributed by atoms with Gasteiger partial charge in [-0.1, -0.05) is 48.0 Å². The van der Waals surface area contributed by atoms with E-state index in [-0.39, 0.29) is 5.56 Å². The van der Waals surface area contributed by atoms with Gasteiger partial charge in [0.25, 0.3) is 5.56 Å². The molecule has 1 heterocycles. The highest BCUT2D eigenvalue weighted by Gasteiger charge is 2.44. The summed E-state index contributed by atoms with van der Waals surface area (Å²) in [4.78, 5) is 12.2. The van der Waals surface area contributed by atoms with Gasteiger partial charge in [-0.05, 0) is 30.7 Å². The Bertz CT molecular complexity index is 831. The van der Waals surface area contributed by atoms with Crippen LogP contribution in [0.3, 0.4) is 0 Å². The quantitative estimate of drug-likeness (QED) is 0.842. The number of benzene rings is 1. The molecule has 1 unspecified atom stereocenters. The normalized spacial score (nSPS) is 22.9. The zero-order valence-electron chi connectivity index (χ0n) is 12.8. The lowest BCUT2D eigenvalue weighted by Gasteiger charge is -2.43. The van der Waals surface area contributed by atoms with Crippen molar-refractivity contribution >= 4 is 21.6 Å². The third-order valence-electron chi connectivity index (χ3n) is 4.62. The molecule has 0 saturated carbocycles. The summed E-state index contributed by atoms with van der Waals surface area (Å²) in [5.41, 5.74) is 0.903. The average Bonchev–Trinajstić information content (AvgIpc) is 2.44. The Morgan fingerprint density at radius 3 is 2.55 bits per heavy atom. The molecule has 0 fully saturated rings. The number of pyridine rings is 1. The summed E-state index contributed by atoms with van der Waals surface area (Å²) in [6.45, 7) is 5.78. The van der Waals surface area contributed by atoms with Gasteiger partial charge in [0.2, 0.25) is 0 Å². The van der Waals surface area contributed by atoms with Gasteiger partial charge in [0.1, 0.15) is 0 Å². The van der Waals surface area contributed by atoms with E-state index in [9.17, 15) is 9.90 Å². The molecule has 1 atom stereocenters. The van der Waals surface area contributed by atoms with Gasteiger partial charge in [0.05, 0.1) is 11.3 Å². The first kappa shape index (κ1) is 15.3. The van der Waals surface area contributed by atoms with Gasteiger partial charge >= 0.3 is 0 Å². The summed E-state index contributed by atoms with van der Waals surface area (Å²) in [6, 6.07) is 10.9. The topological polar surface area (TPSA) is 42.2 Å². The van der Waals surface area contributed by atoms with E-state index >= 15 is 0 Å². The molecule has 2 aromatic rings. The SMILES string of the molecule is CC1(C)C=C(n2ccccc2=O)c2cc(Br)ccc2C1(C)O. The predicted octanol–water partition coefficient (Wildman–Crippen LogP) is 3.75. The van der Waals surface area contributed by atoms with Crippen molar-refractivity contribution in [1.29, 1.82) is 0 Å². The minimum atomic E-state index is -1.01. The largest absolute Gasteiger partial charge is 0.385 e. The maximum absolute atomic E-state index is 12.2. The maximum Gasteiger partial charge on any atom is 0.255 e. The van der Waals surface area contributed by atoms with Crippen LogP contribution in [0.5, 0.6) is 0 Å². The van der Waals surface area contributed by atoms with E-state index in [1.165, 1.54) is 6.07 Å². The number of aliphatic hydroxyl groups is 1. The lowest BCUT2D eigenvalue weighted by molar-refractivity contribution is -0.0330. The third-order valence-corrected chi connectivity index (χ3v) is 5.11. The van der Waals surface area contributed by atoms with Crippen molar-refractivity contribution < 1.29 is 5.11 Å². The molecular formula is C18H18BrNO2. The Morgan fingerprint density at radius 1 is 1.14 bits per heavy atom. The summed E-state index contributed by atoms with van der Waals surface area (Å²) in [5, 5.41) is 11.0. The molecule has 4 heteroatoms. The van der Waals surface area contributed by atoms with Crippen LogP contribution in [-0.2, 0) is 5.60 Å². The van der Waals surface area contributed by atoms with E-state index < -0.39 is 11.0 Å². The minimum absolute atomic E-state index is 0.0861. The van der Waals surface area contributed by atoms with E-state index in [1.54, 1.807) is 16.8 Å². The summed E-state index contributed by atoms with van der Waals surface area (Å²) < 4.78 is 2.54. The molecule has 22 heavy (non-hydrogen) atoms. The fraction of sp³-hybridized carbons (Fsp3) is 0.278. The maximum atomic E-state index is 12.2. The third kappa shape index (κ3) is 2.18. The monoisotopic (exact) mass is 359 g/mol. The fourth-order valence-corrected chi connectivity index (χ4v) is 3.25. The van der Waals surface area contributed by atoms with E-state index in [0.717, 1.165) is 21.3 Å². The molecule has 0 spiro atoms. The number of rotatable bonds is 1. The van der Waals surface area contributed by atoms with Gasteiger partial charge in [-0.2, -0.15) is 0 Å². The molecular weight excluding hydrogens is 342 g/mol. The number of fused-ring (bicyclic) bond motifs is 1. The molecule has 1 aromatic carbocycles. The Labute approximate surface area is 138 Å². The Morgan fingerprint density at radius 2 is 1.86 bits per heavy atom. The standard InChI is InChI=1S/C18H18BrNO2/c1-17(2)11-15(20-9-5-4-6-16(20)21)13-10-12(19)7-8-14(13)18(17,3)22/h4-11,22H,1-3H3. The number of halogens is 1. The summed E-state index contributed by atoms with van der Waals surface area (Å²) in [7, 11) is 0. The van der Waals surface area contributed by atoms with E-state index in [1.807, 2.05) is 51.1 Å². The molecule has 3 nitrogen and oxygen atoms in total. The Hall–Kier alpha value is -1.65. The lowest BCUT2D eigenvalue weighted by atomic mass is 9.66. The second-order valence-corrected chi connectivity index (χ2v) is 7.34. The van der Waals surface area contributed by atoms with Crippen LogP contribution < -0.4 is 5.56 Å². The van der Waals surface area contributed by atoms with Crippen LogP contribution in [0.25, 0.3) is 5.70 Å². The van der Waals surface area contributed by atoms with Gasteiger partial charge in [-0.3, -0.25) is 9.36 Å². The molecule has 0 bridgehead atoms. The van der Waals surface area contributed by atoms with E-state index in [4.69, 9.17) is 0 Å². The zero-order valence-corrected chi connectivity index (χ0v) is 14.4. The first-order chi connectivity index (χ1) is 10.2. The van der Waals surface area contributed by atoms with Crippen LogP contribution in [0.1, 0.15) is 31.9 Å². The Balaban J connectivity index is 2.37. The van der Waals surface area contributed by atoms with Gasteiger partial charge in [-0.25, -0.2) is 0 Å². The fourth-order valence-electron chi connectivity index (χ4n) is 2.89. The zero-order chi connectivity index (χ0) is 16.1. The van der Waals surface area contributed by atoms with Crippen LogP contribution in [0.2, 0.25) is 0 Å². The minimum Gasteiger partial charge on any atom is -0.385 e. The van der Waals surface area contributed by atoms with Crippen molar-refractivity contribution in [3.63, 3.8) is 0 Å². The van der Waals surface area contributed by atoms with Crippen molar-refractivity contribution in [3.8, 4) is 0 Å². The van der Waals surface area contributed by atoms with Crippen molar-refractivity contribution in [2.24, 2.45) is 5.41 Å². The van der Waals surface area contributed by atoms with Crippen molar-refractivity contribution in [2.45, 2.75) is 26.4 Å². The molecule has 1 aromatic heterocycles. The first-order valence-corrected chi connectivity index (χ1v) is 7.97. The highest BCUT2D eigenvalue weighted by molar-refractivity contribution is 9.10. The van der Waals surface area contributed by atoms with Crippen molar-refractivity contribution in [2.75, 3.05) is 0 Å². The number of hydrogen-bond acceptors (Lipinski definition) is 2. The molecule has 3 rings (SSSR count). The summed E-state index contributed by atoms with van der Waals surface area (Å²) in [6.07, 6.45) is 3.73. The number of nitrogens with zero attached hydrogens (tertiary/aromatic N) is 1. The second kappa shape index (κ2) is 4.93. The molecule has 1 aliphatic carbocycles. The van der Waals surface area contributed by atoms with Crippen LogP contribution in [0.4, 0.5) is 0 Å². The molecule has 1 aliphatic rings. The van der Waals surface area contributed by atoms with Crippen LogP contribution >= 0.6 is 15.9 Å². The van der Waals surface area contributed by atoms with Gasteiger partial charge < -0.3 is 5.11 Å². The molecule has 0 saturated heterocycles. The predicted molar refractivity (Wildman–Crippen MR) is 91.6 cm³/mol. The molecule has 114 valence electrons.